The normalized spacial score (nSPS) is 13.1. The zero-order valence-corrected chi connectivity index (χ0v) is 12.3. The Balaban J connectivity index is 2.40. The third-order valence-electron chi connectivity index (χ3n) is 2.87. The van der Waals surface area contributed by atoms with Gasteiger partial charge in [0.05, 0.1) is 12.2 Å². The Morgan fingerprint density at radius 3 is 2.47 bits per heavy atom. The van der Waals surface area contributed by atoms with Gasteiger partial charge in [0.1, 0.15) is 6.10 Å². The van der Waals surface area contributed by atoms with E-state index in [0.717, 1.165) is 5.56 Å². The van der Waals surface area contributed by atoms with Crippen molar-refractivity contribution in [2.45, 2.75) is 58.8 Å². The maximum Gasteiger partial charge on any atom is 0.305 e. The molecule has 1 atom stereocenters. The molecule has 3 heteroatoms. The molecule has 0 aliphatic carbocycles. The van der Waals surface area contributed by atoms with E-state index in [9.17, 15) is 4.79 Å². The fraction of sp³-hybridized carbons (Fsp3) is 0.562. The van der Waals surface area contributed by atoms with E-state index < -0.39 is 0 Å². The minimum atomic E-state index is -0.316. The highest BCUT2D eigenvalue weighted by Crippen LogP contribution is 2.20. The quantitative estimate of drug-likeness (QED) is 0.704. The van der Waals surface area contributed by atoms with E-state index in [1.807, 2.05) is 51.1 Å². The Morgan fingerprint density at radius 2 is 1.89 bits per heavy atom. The van der Waals surface area contributed by atoms with Crippen LogP contribution in [0.1, 0.15) is 46.1 Å². The summed E-state index contributed by atoms with van der Waals surface area (Å²) in [5.74, 6) is -0.161. The Morgan fingerprint density at radius 1 is 1.26 bits per heavy atom. The fourth-order valence-corrected chi connectivity index (χ4v) is 1.95. The van der Waals surface area contributed by atoms with Gasteiger partial charge in [-0.25, -0.2) is 0 Å². The average molecular weight is 264 g/mol. The van der Waals surface area contributed by atoms with Gasteiger partial charge in [0.15, 0.2) is 0 Å². The van der Waals surface area contributed by atoms with Crippen molar-refractivity contribution in [1.82, 2.24) is 0 Å². The summed E-state index contributed by atoms with van der Waals surface area (Å²) in [7, 11) is 0. The Hall–Kier alpha value is -1.35. The molecule has 3 nitrogen and oxygen atoms in total. The zero-order valence-electron chi connectivity index (χ0n) is 12.3. The Labute approximate surface area is 115 Å². The van der Waals surface area contributed by atoms with Crippen LogP contribution in [0.15, 0.2) is 30.3 Å². The van der Waals surface area contributed by atoms with E-state index in [4.69, 9.17) is 9.47 Å². The van der Waals surface area contributed by atoms with E-state index in [1.54, 1.807) is 6.92 Å². The van der Waals surface area contributed by atoms with Gasteiger partial charge < -0.3 is 9.47 Å². The summed E-state index contributed by atoms with van der Waals surface area (Å²) in [4.78, 5) is 11.2. The molecule has 0 aliphatic heterocycles. The first-order valence-electron chi connectivity index (χ1n) is 6.80. The van der Waals surface area contributed by atoms with Gasteiger partial charge in [0.2, 0.25) is 0 Å². The van der Waals surface area contributed by atoms with Gasteiger partial charge in [0.25, 0.3) is 0 Å². The highest BCUT2D eigenvalue weighted by molar-refractivity contribution is 5.69. The van der Waals surface area contributed by atoms with Crippen LogP contribution in [0.25, 0.3) is 0 Å². The van der Waals surface area contributed by atoms with Crippen LogP contribution in [0.4, 0.5) is 0 Å². The number of esters is 1. The SMILES string of the molecule is CCC(=O)O[C@@H](C)CC(C)(C)OCc1ccccc1. The van der Waals surface area contributed by atoms with Crippen LogP contribution < -0.4 is 0 Å². The molecule has 0 aromatic heterocycles. The molecule has 0 amide bonds. The van der Waals surface area contributed by atoms with E-state index in [2.05, 4.69) is 0 Å². The van der Waals surface area contributed by atoms with Crippen molar-refractivity contribution in [3.63, 3.8) is 0 Å². The van der Waals surface area contributed by atoms with Crippen molar-refractivity contribution in [3.8, 4) is 0 Å². The van der Waals surface area contributed by atoms with Gasteiger partial charge in [0, 0.05) is 12.8 Å². The highest BCUT2D eigenvalue weighted by atomic mass is 16.5. The zero-order chi connectivity index (χ0) is 14.3. The molecule has 106 valence electrons. The lowest BCUT2D eigenvalue weighted by atomic mass is 10.0. The molecule has 0 radical (unpaired) electrons. The summed E-state index contributed by atoms with van der Waals surface area (Å²) < 4.78 is 11.2. The maximum atomic E-state index is 11.2. The third-order valence-corrected chi connectivity index (χ3v) is 2.87. The van der Waals surface area contributed by atoms with Gasteiger partial charge in [-0.15, -0.1) is 0 Å². The first kappa shape index (κ1) is 15.7. The predicted octanol–water partition coefficient (Wildman–Crippen LogP) is 3.71. The smallest absolute Gasteiger partial charge is 0.305 e. The van der Waals surface area contributed by atoms with Crippen molar-refractivity contribution >= 4 is 5.97 Å². The molecule has 19 heavy (non-hydrogen) atoms. The third kappa shape index (κ3) is 6.39. The van der Waals surface area contributed by atoms with Gasteiger partial charge in [-0.1, -0.05) is 37.3 Å². The van der Waals surface area contributed by atoms with Gasteiger partial charge in [-0.3, -0.25) is 4.79 Å². The molecule has 1 aromatic rings. The van der Waals surface area contributed by atoms with Crippen LogP contribution in [0.3, 0.4) is 0 Å². The number of rotatable bonds is 7. The van der Waals surface area contributed by atoms with E-state index in [1.165, 1.54) is 0 Å². The lowest BCUT2D eigenvalue weighted by Crippen LogP contribution is -2.31. The Kier molecular flexibility index (Phi) is 6.03. The number of hydrogen-bond donors (Lipinski definition) is 0. The second-order valence-corrected chi connectivity index (χ2v) is 5.39. The van der Waals surface area contributed by atoms with E-state index in [-0.39, 0.29) is 17.7 Å². The molecule has 0 saturated carbocycles. The minimum Gasteiger partial charge on any atom is -0.463 e. The number of carbonyl (C=O) groups is 1. The van der Waals surface area contributed by atoms with Crippen LogP contribution in [0.5, 0.6) is 0 Å². The summed E-state index contributed by atoms with van der Waals surface area (Å²) in [6.45, 7) is 8.31. The number of ether oxygens (including phenoxy) is 2. The highest BCUT2D eigenvalue weighted by Gasteiger charge is 2.23. The standard InChI is InChI=1S/C16H24O3/c1-5-15(17)19-13(2)11-16(3,4)18-12-14-9-7-6-8-10-14/h6-10,13H,5,11-12H2,1-4H3/t13-/m0/s1. The van der Waals surface area contributed by atoms with Gasteiger partial charge >= 0.3 is 5.97 Å². The van der Waals surface area contributed by atoms with E-state index in [0.29, 0.717) is 19.4 Å². The van der Waals surface area contributed by atoms with Crippen molar-refractivity contribution in [1.29, 1.82) is 0 Å². The van der Waals surface area contributed by atoms with Crippen molar-refractivity contribution < 1.29 is 14.3 Å². The number of hydrogen-bond acceptors (Lipinski definition) is 3. The molecule has 0 heterocycles. The number of benzene rings is 1. The van der Waals surface area contributed by atoms with Gasteiger partial charge in [-0.2, -0.15) is 0 Å². The average Bonchev–Trinajstić information content (AvgIpc) is 2.37. The largest absolute Gasteiger partial charge is 0.463 e. The molecular formula is C16H24O3. The molecule has 1 aromatic carbocycles. The van der Waals surface area contributed by atoms with Crippen molar-refractivity contribution in [2.75, 3.05) is 0 Å². The Bertz CT molecular complexity index is 384. The second-order valence-electron chi connectivity index (χ2n) is 5.39. The van der Waals surface area contributed by atoms with Crippen LogP contribution >= 0.6 is 0 Å². The van der Waals surface area contributed by atoms with Crippen LogP contribution in [0.2, 0.25) is 0 Å². The summed E-state index contributed by atoms with van der Waals surface area (Å²) >= 11 is 0. The first-order chi connectivity index (χ1) is 8.93. The summed E-state index contributed by atoms with van der Waals surface area (Å²) in [5.41, 5.74) is 0.831. The molecule has 0 spiro atoms. The molecular weight excluding hydrogens is 240 g/mol. The topological polar surface area (TPSA) is 35.5 Å². The summed E-state index contributed by atoms with van der Waals surface area (Å²) in [6.07, 6.45) is 0.972. The van der Waals surface area contributed by atoms with Crippen molar-refractivity contribution in [3.05, 3.63) is 35.9 Å². The summed E-state index contributed by atoms with van der Waals surface area (Å²) in [5, 5.41) is 0. The molecule has 1 rings (SSSR count). The summed E-state index contributed by atoms with van der Waals surface area (Å²) in [6, 6.07) is 10.1. The molecule has 0 saturated heterocycles. The second kappa shape index (κ2) is 7.29. The van der Waals surface area contributed by atoms with Crippen LogP contribution in [-0.4, -0.2) is 17.7 Å². The molecule has 0 bridgehead atoms. The van der Waals surface area contributed by atoms with Gasteiger partial charge in [-0.05, 0) is 26.3 Å². The lowest BCUT2D eigenvalue weighted by molar-refractivity contribution is -0.151. The molecule has 0 aliphatic rings. The van der Waals surface area contributed by atoms with Crippen molar-refractivity contribution in [2.24, 2.45) is 0 Å². The fourth-order valence-electron chi connectivity index (χ4n) is 1.95. The monoisotopic (exact) mass is 264 g/mol. The predicted molar refractivity (Wildman–Crippen MR) is 75.8 cm³/mol. The molecule has 0 N–H and O–H groups in total. The lowest BCUT2D eigenvalue weighted by Gasteiger charge is -2.28. The minimum absolute atomic E-state index is 0.127. The first-order valence-corrected chi connectivity index (χ1v) is 6.80. The van der Waals surface area contributed by atoms with E-state index >= 15 is 0 Å². The number of carbonyl (C=O) groups excluding carboxylic acids is 1. The van der Waals surface area contributed by atoms with Crippen LogP contribution in [-0.2, 0) is 20.9 Å². The molecule has 0 fully saturated rings. The maximum absolute atomic E-state index is 11.2. The molecule has 0 unspecified atom stereocenters. The van der Waals surface area contributed by atoms with Crippen LogP contribution in [0, 0.1) is 0 Å².